The van der Waals surface area contributed by atoms with Crippen LogP contribution in [0.15, 0.2) is 10.8 Å². The summed E-state index contributed by atoms with van der Waals surface area (Å²) in [4.78, 5) is 13.2. The van der Waals surface area contributed by atoms with Crippen molar-refractivity contribution < 1.29 is 5.11 Å². The third-order valence-corrected chi connectivity index (χ3v) is 4.74. The molecule has 3 N–H and O–H groups in total. The summed E-state index contributed by atoms with van der Waals surface area (Å²) in [7, 11) is 0. The zero-order chi connectivity index (χ0) is 12.7. The lowest BCUT2D eigenvalue weighted by Gasteiger charge is -1.88. The van der Waals surface area contributed by atoms with E-state index >= 15 is 0 Å². The molecule has 8 heteroatoms. The van der Waals surface area contributed by atoms with E-state index < -0.39 is 0 Å². The van der Waals surface area contributed by atoms with Gasteiger partial charge in [0, 0.05) is 10.8 Å². The Kier molecular flexibility index (Phi) is 2.77. The number of nitrogen functional groups attached to an aromatic ring is 1. The van der Waals surface area contributed by atoms with E-state index in [2.05, 4.69) is 15.0 Å². The Morgan fingerprint density at radius 2 is 1.89 bits per heavy atom. The Hall–Kier alpha value is -1.51. The number of aryl methyl sites for hydroxylation is 1. The second-order valence-electron chi connectivity index (χ2n) is 3.49. The maximum Gasteiger partial charge on any atom is 0.232 e. The van der Waals surface area contributed by atoms with Gasteiger partial charge in [-0.1, -0.05) is 0 Å². The molecular weight excluding hydrogens is 288 g/mol. The summed E-state index contributed by atoms with van der Waals surface area (Å²) in [6.07, 6.45) is 0. The van der Waals surface area contributed by atoms with Crippen LogP contribution in [-0.4, -0.2) is 20.1 Å². The van der Waals surface area contributed by atoms with Crippen molar-refractivity contribution in [2.75, 3.05) is 5.73 Å². The minimum atomic E-state index is -0.0223. The fraction of sp³-hybridized carbons (Fsp3) is 0.100. The van der Waals surface area contributed by atoms with Crippen molar-refractivity contribution >= 4 is 39.1 Å². The standard InChI is InChI=1S/C10H8N4OS3/c1-4-12-6(3-16-4)9-14-8(15)7(18-9)5-2-17-10(11)13-5/h2-3,15H,1H3,(H2,11,13). The van der Waals surface area contributed by atoms with Crippen LogP contribution >= 0.6 is 34.0 Å². The molecule has 0 aromatic carbocycles. The molecule has 0 unspecified atom stereocenters. The number of thiazole rings is 3. The summed E-state index contributed by atoms with van der Waals surface area (Å²) >= 11 is 4.26. The van der Waals surface area contributed by atoms with E-state index in [1.165, 1.54) is 22.7 Å². The van der Waals surface area contributed by atoms with E-state index in [1.807, 2.05) is 12.3 Å². The molecule has 92 valence electrons. The first-order valence-electron chi connectivity index (χ1n) is 4.97. The van der Waals surface area contributed by atoms with Gasteiger partial charge in [0.2, 0.25) is 5.88 Å². The Morgan fingerprint density at radius 1 is 1.11 bits per heavy atom. The fourth-order valence-electron chi connectivity index (χ4n) is 1.44. The summed E-state index contributed by atoms with van der Waals surface area (Å²) < 4.78 is 0. The number of rotatable bonds is 2. The second kappa shape index (κ2) is 4.30. The number of anilines is 1. The predicted octanol–water partition coefficient (Wildman–Crippen LogP) is 2.99. The molecule has 0 aliphatic heterocycles. The smallest absolute Gasteiger partial charge is 0.232 e. The predicted molar refractivity (Wildman–Crippen MR) is 75.1 cm³/mol. The highest BCUT2D eigenvalue weighted by atomic mass is 32.1. The molecule has 0 bridgehead atoms. The van der Waals surface area contributed by atoms with Crippen molar-refractivity contribution in [3.05, 3.63) is 15.8 Å². The quantitative estimate of drug-likeness (QED) is 0.759. The normalized spacial score (nSPS) is 10.9. The number of nitrogens with zero attached hydrogens (tertiary/aromatic N) is 3. The largest absolute Gasteiger partial charge is 0.492 e. The number of hydrogen-bond donors (Lipinski definition) is 2. The number of hydrogen-bond acceptors (Lipinski definition) is 8. The number of aromatic nitrogens is 3. The molecule has 0 saturated carbocycles. The molecule has 0 aliphatic rings. The van der Waals surface area contributed by atoms with Crippen molar-refractivity contribution in [1.82, 2.24) is 15.0 Å². The summed E-state index contributed by atoms with van der Waals surface area (Å²) in [5.41, 5.74) is 7.03. The van der Waals surface area contributed by atoms with Crippen molar-refractivity contribution in [2.24, 2.45) is 0 Å². The van der Waals surface area contributed by atoms with E-state index in [9.17, 15) is 5.11 Å². The molecule has 3 heterocycles. The first-order valence-corrected chi connectivity index (χ1v) is 7.54. The summed E-state index contributed by atoms with van der Waals surface area (Å²) in [6, 6.07) is 0. The molecule has 0 aliphatic carbocycles. The van der Waals surface area contributed by atoms with E-state index in [-0.39, 0.29) is 5.88 Å². The molecule has 18 heavy (non-hydrogen) atoms. The van der Waals surface area contributed by atoms with Gasteiger partial charge in [-0.2, -0.15) is 4.98 Å². The zero-order valence-electron chi connectivity index (χ0n) is 9.25. The van der Waals surface area contributed by atoms with Gasteiger partial charge in [0.1, 0.15) is 15.6 Å². The minimum absolute atomic E-state index is 0.0223. The number of aromatic hydroxyl groups is 1. The molecule has 3 aromatic rings. The maximum atomic E-state index is 9.86. The van der Waals surface area contributed by atoms with E-state index in [0.29, 0.717) is 20.7 Å². The lowest BCUT2D eigenvalue weighted by atomic mass is 10.4. The molecule has 0 radical (unpaired) electrons. The fourth-order valence-corrected chi connectivity index (χ4v) is 3.62. The SMILES string of the molecule is Cc1nc(-c2nc(O)c(-c3csc(N)n3)s2)cs1. The van der Waals surface area contributed by atoms with Gasteiger partial charge in [-0.25, -0.2) is 9.97 Å². The van der Waals surface area contributed by atoms with Crippen LogP contribution in [-0.2, 0) is 0 Å². The van der Waals surface area contributed by atoms with E-state index in [1.54, 1.807) is 16.7 Å². The van der Waals surface area contributed by atoms with Crippen LogP contribution in [0.1, 0.15) is 5.01 Å². The molecule has 3 rings (SSSR count). The molecular formula is C10H8N4OS3. The molecule has 0 atom stereocenters. The zero-order valence-corrected chi connectivity index (χ0v) is 11.7. The third-order valence-electron chi connectivity index (χ3n) is 2.20. The third kappa shape index (κ3) is 1.98. The summed E-state index contributed by atoms with van der Waals surface area (Å²) in [5, 5.41) is 15.7. The average molecular weight is 296 g/mol. The Bertz CT molecular complexity index is 700. The van der Waals surface area contributed by atoms with Gasteiger partial charge >= 0.3 is 0 Å². The number of nitrogens with two attached hydrogens (primary N) is 1. The van der Waals surface area contributed by atoms with E-state index in [0.717, 1.165) is 10.7 Å². The molecule has 5 nitrogen and oxygen atoms in total. The molecule has 0 amide bonds. The highest BCUT2D eigenvalue weighted by molar-refractivity contribution is 7.19. The molecule has 0 saturated heterocycles. The van der Waals surface area contributed by atoms with E-state index in [4.69, 9.17) is 5.73 Å². The van der Waals surface area contributed by atoms with Crippen molar-refractivity contribution in [3.8, 4) is 27.2 Å². The Morgan fingerprint density at radius 3 is 2.50 bits per heavy atom. The highest BCUT2D eigenvalue weighted by Gasteiger charge is 2.17. The second-order valence-corrected chi connectivity index (χ2v) is 6.45. The van der Waals surface area contributed by atoms with Crippen molar-refractivity contribution in [3.63, 3.8) is 0 Å². The van der Waals surface area contributed by atoms with Crippen LogP contribution in [0.4, 0.5) is 5.13 Å². The molecule has 0 fully saturated rings. The average Bonchev–Trinajstić information content (AvgIpc) is 2.99. The van der Waals surface area contributed by atoms with Crippen LogP contribution in [0.3, 0.4) is 0 Å². The van der Waals surface area contributed by atoms with Gasteiger partial charge in [-0.05, 0) is 6.92 Å². The Balaban J connectivity index is 2.06. The monoisotopic (exact) mass is 296 g/mol. The summed E-state index contributed by atoms with van der Waals surface area (Å²) in [5.74, 6) is -0.0223. The molecule has 3 aromatic heterocycles. The lowest BCUT2D eigenvalue weighted by Crippen LogP contribution is -1.81. The Labute approximate surface area is 115 Å². The van der Waals surface area contributed by atoms with Crippen LogP contribution in [0.5, 0.6) is 5.88 Å². The molecule has 0 spiro atoms. The van der Waals surface area contributed by atoms with Gasteiger partial charge in [-0.3, -0.25) is 0 Å². The van der Waals surface area contributed by atoms with Gasteiger partial charge in [-0.15, -0.1) is 34.0 Å². The first-order chi connectivity index (χ1) is 8.63. The maximum absolute atomic E-state index is 9.86. The highest BCUT2D eigenvalue weighted by Crippen LogP contribution is 2.39. The van der Waals surface area contributed by atoms with Crippen molar-refractivity contribution in [2.45, 2.75) is 6.92 Å². The lowest BCUT2D eigenvalue weighted by molar-refractivity contribution is 0.459. The van der Waals surface area contributed by atoms with Gasteiger partial charge in [0.25, 0.3) is 0 Å². The minimum Gasteiger partial charge on any atom is -0.492 e. The van der Waals surface area contributed by atoms with Crippen LogP contribution < -0.4 is 5.73 Å². The van der Waals surface area contributed by atoms with Crippen LogP contribution in [0, 0.1) is 6.92 Å². The van der Waals surface area contributed by atoms with Crippen molar-refractivity contribution in [1.29, 1.82) is 0 Å². The van der Waals surface area contributed by atoms with Gasteiger partial charge in [0.15, 0.2) is 5.13 Å². The van der Waals surface area contributed by atoms with Crippen LogP contribution in [0.2, 0.25) is 0 Å². The van der Waals surface area contributed by atoms with Gasteiger partial charge < -0.3 is 10.8 Å². The topological polar surface area (TPSA) is 84.9 Å². The van der Waals surface area contributed by atoms with Gasteiger partial charge in [0.05, 0.1) is 10.7 Å². The first kappa shape index (κ1) is 11.6. The summed E-state index contributed by atoms with van der Waals surface area (Å²) in [6.45, 7) is 1.93. The van der Waals surface area contributed by atoms with Crippen LogP contribution in [0.25, 0.3) is 21.3 Å².